The van der Waals surface area contributed by atoms with Gasteiger partial charge in [-0.15, -0.1) is 0 Å². The van der Waals surface area contributed by atoms with Crippen LogP contribution in [0, 0.1) is 46.3 Å². The summed E-state index contributed by atoms with van der Waals surface area (Å²) >= 11 is 0. The van der Waals surface area contributed by atoms with Crippen molar-refractivity contribution in [1.29, 1.82) is 0 Å². The van der Waals surface area contributed by atoms with Crippen LogP contribution in [-0.2, 0) is 9.36 Å². The molecule has 0 aromatic rings. The second-order valence-corrected chi connectivity index (χ2v) is 16.5. The van der Waals surface area contributed by atoms with E-state index < -0.39 is 19.4 Å². The number of carboxylic acid groups (broad SMARTS) is 1. The van der Waals surface area contributed by atoms with Crippen LogP contribution in [0.15, 0.2) is 0 Å². The number of carbonyl (C=O) groups is 1. The maximum Gasteiger partial charge on any atom is 0.359 e. The quantitative estimate of drug-likeness (QED) is 0.225. The average Bonchev–Trinajstić information content (AvgIpc) is 3.14. The number of likely N-dealkylation sites (N-methyl/N-ethyl adjacent to an activating group) is 1. The van der Waals surface area contributed by atoms with Crippen LogP contribution in [0.1, 0.15) is 91.4 Å². The van der Waals surface area contributed by atoms with E-state index in [1.165, 1.54) is 44.9 Å². The zero-order valence-electron chi connectivity index (χ0n) is 24.6. The Balaban J connectivity index is 0.000000310. The lowest BCUT2D eigenvalue weighted by atomic mass is 9.44. The maximum absolute atomic E-state index is 11.0. The number of carboxylic acids is 1. The molecule has 0 spiro atoms. The van der Waals surface area contributed by atoms with Crippen molar-refractivity contribution in [3.05, 3.63) is 0 Å². The first kappa shape index (κ1) is 32.0. The van der Waals surface area contributed by atoms with Gasteiger partial charge in [0.1, 0.15) is 6.54 Å². The molecule has 0 saturated heterocycles. The molecule has 0 heterocycles. The van der Waals surface area contributed by atoms with Gasteiger partial charge in [0.15, 0.2) is 0 Å². The first-order valence-corrected chi connectivity index (χ1v) is 16.5. The fraction of sp³-hybridized carbons (Fsp3) is 0.966. The highest BCUT2D eigenvalue weighted by atomic mass is 31.2. The highest BCUT2D eigenvalue weighted by Gasteiger charge is 2.60. The molecule has 4 aliphatic rings. The fourth-order valence-electron chi connectivity index (χ4n) is 9.36. The number of hydrogen-bond donors (Lipinski definition) is 5. The molecule has 0 aliphatic heterocycles. The predicted octanol–water partition coefficient (Wildman–Crippen LogP) is 4.70. The van der Waals surface area contributed by atoms with Crippen molar-refractivity contribution in [2.45, 2.75) is 103 Å². The molecule has 0 amide bonds. The Hall–Kier alpha value is -0.500. The van der Waals surface area contributed by atoms with Crippen molar-refractivity contribution in [2.75, 3.05) is 27.7 Å². The first-order chi connectivity index (χ1) is 17.4. The lowest BCUT2D eigenvalue weighted by Gasteiger charge is -2.61. The Labute approximate surface area is 230 Å². The van der Waals surface area contributed by atoms with Crippen LogP contribution in [0.3, 0.4) is 0 Å². The predicted molar refractivity (Wildman–Crippen MR) is 148 cm³/mol. The van der Waals surface area contributed by atoms with Gasteiger partial charge in [0.2, 0.25) is 5.85 Å². The SMILES string of the molecule is C[C@H](CCC(=O)O)[C@H]1CC[C@H]2[C@@H]3CC[C@@H]4C[C@H](O)CC[C@]4(C)[C@H]3CC[C@]12C.C[N+](C)(C)CC(O)P(=O)(O)O. The minimum absolute atomic E-state index is 0.0459. The van der Waals surface area contributed by atoms with E-state index in [1.54, 1.807) is 21.1 Å². The summed E-state index contributed by atoms with van der Waals surface area (Å²) in [6, 6.07) is 0. The molecule has 4 saturated carbocycles. The topological polar surface area (TPSA) is 135 Å². The van der Waals surface area contributed by atoms with Crippen molar-refractivity contribution in [2.24, 2.45) is 46.3 Å². The second-order valence-electron chi connectivity index (χ2n) is 14.8. The number of fused-ring (bicyclic) bond motifs is 5. The van der Waals surface area contributed by atoms with Gasteiger partial charge in [-0.2, -0.15) is 0 Å². The summed E-state index contributed by atoms with van der Waals surface area (Å²) in [6.45, 7) is 7.48. The summed E-state index contributed by atoms with van der Waals surface area (Å²) in [5, 5.41) is 28.2. The van der Waals surface area contributed by atoms with E-state index in [9.17, 15) is 14.5 Å². The van der Waals surface area contributed by atoms with Gasteiger partial charge in [0, 0.05) is 6.42 Å². The van der Waals surface area contributed by atoms with E-state index in [4.69, 9.17) is 20.0 Å². The molecule has 5 N–H and O–H groups in total. The normalized spacial score (nSPS) is 40.6. The smallest absolute Gasteiger partial charge is 0.359 e. The number of aliphatic hydroxyl groups excluding tert-OH is 2. The lowest BCUT2D eigenvalue weighted by Crippen LogP contribution is -2.54. The number of quaternary nitrogens is 1. The minimum Gasteiger partial charge on any atom is -0.481 e. The zero-order valence-corrected chi connectivity index (χ0v) is 25.4. The number of aliphatic carboxylic acids is 1. The standard InChI is InChI=1S/C24H40O3.C5H14NO4P/c1-15(4-9-22(26)27)19-7-8-20-18-6-5-16-14-17(25)10-12-23(16,2)21(18)11-13-24(19,20)3;1-6(2,3)4-5(7)11(8,9)10/h15-21,25H,4-14H2,1-3H3,(H,26,27);5,7H,4H2,1-3H3,(H-,8,9,10)/p+1/t15-,16-,17-,18+,19-,20+,21+,23+,24-;/m1./s1. The summed E-state index contributed by atoms with van der Waals surface area (Å²) in [5.74, 6) is 2.35. The van der Waals surface area contributed by atoms with Crippen LogP contribution < -0.4 is 0 Å². The molecule has 4 fully saturated rings. The Morgan fingerprint density at radius 3 is 2.13 bits per heavy atom. The Morgan fingerprint density at radius 2 is 1.58 bits per heavy atom. The molecule has 4 rings (SSSR count). The van der Waals surface area contributed by atoms with Crippen LogP contribution >= 0.6 is 7.60 Å². The molecule has 0 radical (unpaired) electrons. The molecule has 38 heavy (non-hydrogen) atoms. The molecule has 4 aliphatic carbocycles. The van der Waals surface area contributed by atoms with Crippen LogP contribution in [-0.4, -0.2) is 75.2 Å². The molecular formula is C29H55NO7P+. The van der Waals surface area contributed by atoms with Crippen LogP contribution in [0.5, 0.6) is 0 Å². The first-order valence-electron chi connectivity index (χ1n) is 14.8. The lowest BCUT2D eigenvalue weighted by molar-refractivity contribution is -0.872. The van der Waals surface area contributed by atoms with Gasteiger partial charge in [-0.3, -0.25) is 9.36 Å². The molecular weight excluding hydrogens is 505 g/mol. The summed E-state index contributed by atoms with van der Waals surface area (Å²) in [4.78, 5) is 28.0. The van der Waals surface area contributed by atoms with Gasteiger partial charge in [-0.05, 0) is 111 Å². The van der Waals surface area contributed by atoms with E-state index in [0.29, 0.717) is 33.6 Å². The highest BCUT2D eigenvalue weighted by Crippen LogP contribution is 2.68. The van der Waals surface area contributed by atoms with Crippen LogP contribution in [0.2, 0.25) is 0 Å². The number of aliphatic hydroxyl groups is 2. The monoisotopic (exact) mass is 560 g/mol. The second kappa shape index (κ2) is 11.8. The highest BCUT2D eigenvalue weighted by molar-refractivity contribution is 7.52. The van der Waals surface area contributed by atoms with E-state index in [1.807, 2.05) is 0 Å². The summed E-state index contributed by atoms with van der Waals surface area (Å²) < 4.78 is 10.8. The largest absolute Gasteiger partial charge is 0.481 e. The zero-order chi connectivity index (χ0) is 28.7. The van der Waals surface area contributed by atoms with Gasteiger partial charge in [-0.25, -0.2) is 0 Å². The average molecular weight is 561 g/mol. The van der Waals surface area contributed by atoms with Gasteiger partial charge >= 0.3 is 13.6 Å². The molecule has 0 aromatic heterocycles. The van der Waals surface area contributed by atoms with Gasteiger partial charge in [-0.1, -0.05) is 20.8 Å². The third-order valence-corrected chi connectivity index (χ3v) is 12.3. The van der Waals surface area contributed by atoms with Crippen molar-refractivity contribution in [1.82, 2.24) is 0 Å². The molecule has 0 bridgehead atoms. The summed E-state index contributed by atoms with van der Waals surface area (Å²) in [7, 11) is 0.933. The molecule has 10 atom stereocenters. The van der Waals surface area contributed by atoms with E-state index in [2.05, 4.69) is 20.8 Å². The molecule has 8 nitrogen and oxygen atoms in total. The van der Waals surface area contributed by atoms with E-state index in [-0.39, 0.29) is 12.6 Å². The van der Waals surface area contributed by atoms with Crippen molar-refractivity contribution < 1.29 is 38.9 Å². The van der Waals surface area contributed by atoms with Gasteiger partial charge < -0.3 is 29.6 Å². The summed E-state index contributed by atoms with van der Waals surface area (Å²) in [5.41, 5.74) is 0.882. The minimum atomic E-state index is -4.31. The molecule has 1 unspecified atom stereocenters. The number of hydrogen-bond acceptors (Lipinski definition) is 4. The van der Waals surface area contributed by atoms with E-state index in [0.717, 1.165) is 42.9 Å². The Morgan fingerprint density at radius 1 is 0.974 bits per heavy atom. The maximum atomic E-state index is 11.0. The Kier molecular flexibility index (Phi) is 9.92. The van der Waals surface area contributed by atoms with Crippen LogP contribution in [0.4, 0.5) is 0 Å². The van der Waals surface area contributed by atoms with Gasteiger partial charge in [0.25, 0.3) is 0 Å². The van der Waals surface area contributed by atoms with Gasteiger partial charge in [0.05, 0.1) is 27.2 Å². The Bertz CT molecular complexity index is 871. The van der Waals surface area contributed by atoms with Crippen molar-refractivity contribution in [3.63, 3.8) is 0 Å². The third-order valence-electron chi connectivity index (χ3n) is 11.3. The molecule has 0 aromatic carbocycles. The third kappa shape index (κ3) is 7.03. The summed E-state index contributed by atoms with van der Waals surface area (Å²) in [6.07, 6.45) is 12.4. The van der Waals surface area contributed by atoms with Crippen molar-refractivity contribution in [3.8, 4) is 0 Å². The fourth-order valence-corrected chi connectivity index (χ4v) is 10.1. The van der Waals surface area contributed by atoms with Crippen LogP contribution in [0.25, 0.3) is 0 Å². The van der Waals surface area contributed by atoms with E-state index >= 15 is 0 Å². The number of nitrogens with zero attached hydrogens (tertiary/aromatic N) is 1. The number of rotatable bonds is 7. The molecule has 222 valence electrons. The molecule has 9 heteroatoms. The van der Waals surface area contributed by atoms with Crippen molar-refractivity contribution >= 4 is 13.6 Å².